The zero-order chi connectivity index (χ0) is 12.7. The molecule has 1 atom stereocenters. The molecule has 1 rings (SSSR count). The number of benzene rings is 1. The monoisotopic (exact) mass is 318 g/mol. The Labute approximate surface area is 116 Å². The van der Waals surface area contributed by atoms with E-state index in [1.54, 1.807) is 7.11 Å². The van der Waals surface area contributed by atoms with Crippen molar-refractivity contribution in [3.8, 4) is 5.75 Å². The minimum atomic E-state index is -0.248. The fourth-order valence-electron chi connectivity index (χ4n) is 1.67. The molecule has 0 saturated carbocycles. The summed E-state index contributed by atoms with van der Waals surface area (Å²) in [6, 6.07) is 5.94. The van der Waals surface area contributed by atoms with E-state index in [0.29, 0.717) is 6.42 Å². The summed E-state index contributed by atoms with van der Waals surface area (Å²) < 4.78 is 6.11. The zero-order valence-electron chi connectivity index (χ0n) is 10.3. The van der Waals surface area contributed by atoms with Crippen LogP contribution in [0.15, 0.2) is 22.7 Å². The van der Waals surface area contributed by atoms with Gasteiger partial charge >= 0.3 is 0 Å². The van der Waals surface area contributed by atoms with Crippen molar-refractivity contribution in [3.63, 3.8) is 0 Å². The van der Waals surface area contributed by atoms with Crippen LogP contribution in [0.5, 0.6) is 5.75 Å². The highest BCUT2D eigenvalue weighted by Gasteiger charge is 2.07. The molecule has 0 aliphatic carbocycles. The second kappa shape index (κ2) is 8.01. The van der Waals surface area contributed by atoms with Gasteiger partial charge in [0.25, 0.3) is 0 Å². The molecular formula is C13H19BrO2S. The molecule has 0 fully saturated rings. The summed E-state index contributed by atoms with van der Waals surface area (Å²) in [6.45, 7) is 0. The summed E-state index contributed by atoms with van der Waals surface area (Å²) in [4.78, 5) is 0. The number of aliphatic hydroxyl groups is 1. The Balaban J connectivity index is 2.48. The van der Waals surface area contributed by atoms with Gasteiger partial charge in [-0.25, -0.2) is 0 Å². The molecule has 17 heavy (non-hydrogen) atoms. The number of rotatable bonds is 7. The van der Waals surface area contributed by atoms with E-state index in [0.717, 1.165) is 34.4 Å². The predicted molar refractivity (Wildman–Crippen MR) is 78.0 cm³/mol. The Bertz CT molecular complexity index is 344. The topological polar surface area (TPSA) is 29.5 Å². The van der Waals surface area contributed by atoms with Gasteiger partial charge in [-0.1, -0.05) is 6.07 Å². The number of aliphatic hydroxyl groups excluding tert-OH is 1. The SMILES string of the molecule is COc1ccc(CC(O)CCCSC)cc1Br. The Morgan fingerprint density at radius 1 is 1.47 bits per heavy atom. The maximum atomic E-state index is 9.89. The van der Waals surface area contributed by atoms with Crippen molar-refractivity contribution >= 4 is 27.7 Å². The molecule has 0 heterocycles. The molecule has 0 saturated heterocycles. The first-order valence-corrected chi connectivity index (χ1v) is 7.85. The molecule has 0 aromatic heterocycles. The number of ether oxygens (including phenoxy) is 1. The normalized spacial score (nSPS) is 12.5. The highest BCUT2D eigenvalue weighted by Crippen LogP contribution is 2.26. The van der Waals surface area contributed by atoms with E-state index in [4.69, 9.17) is 4.74 Å². The van der Waals surface area contributed by atoms with Crippen molar-refractivity contribution in [1.82, 2.24) is 0 Å². The van der Waals surface area contributed by atoms with E-state index in [1.807, 2.05) is 30.0 Å². The van der Waals surface area contributed by atoms with Gasteiger partial charge in [0.1, 0.15) is 5.75 Å². The quantitative estimate of drug-likeness (QED) is 0.780. The lowest BCUT2D eigenvalue weighted by Gasteiger charge is -2.11. The van der Waals surface area contributed by atoms with Crippen molar-refractivity contribution < 1.29 is 9.84 Å². The summed E-state index contributed by atoms with van der Waals surface area (Å²) >= 11 is 5.27. The Kier molecular flexibility index (Phi) is 7.00. The first-order chi connectivity index (χ1) is 8.17. The second-order valence-electron chi connectivity index (χ2n) is 3.96. The van der Waals surface area contributed by atoms with Crippen LogP contribution in [0.4, 0.5) is 0 Å². The number of thioether (sulfide) groups is 1. The maximum Gasteiger partial charge on any atom is 0.133 e. The van der Waals surface area contributed by atoms with Crippen LogP contribution in [0.2, 0.25) is 0 Å². The Morgan fingerprint density at radius 3 is 2.82 bits per heavy atom. The fraction of sp³-hybridized carbons (Fsp3) is 0.538. The molecule has 1 aromatic rings. The van der Waals surface area contributed by atoms with Crippen LogP contribution >= 0.6 is 27.7 Å². The van der Waals surface area contributed by atoms with Crippen LogP contribution in [-0.2, 0) is 6.42 Å². The largest absolute Gasteiger partial charge is 0.496 e. The van der Waals surface area contributed by atoms with Gasteiger partial charge in [0.15, 0.2) is 0 Å². The zero-order valence-corrected chi connectivity index (χ0v) is 12.7. The molecule has 2 nitrogen and oxygen atoms in total. The van der Waals surface area contributed by atoms with Gasteiger partial charge in [0.2, 0.25) is 0 Å². The highest BCUT2D eigenvalue weighted by molar-refractivity contribution is 9.10. The van der Waals surface area contributed by atoms with E-state index in [9.17, 15) is 5.11 Å². The molecule has 0 bridgehead atoms. The van der Waals surface area contributed by atoms with Crippen molar-refractivity contribution in [2.75, 3.05) is 19.1 Å². The molecular weight excluding hydrogens is 300 g/mol. The number of hydrogen-bond donors (Lipinski definition) is 1. The van der Waals surface area contributed by atoms with Gasteiger partial charge in [0.05, 0.1) is 17.7 Å². The van der Waals surface area contributed by atoms with E-state index in [1.165, 1.54) is 0 Å². The lowest BCUT2D eigenvalue weighted by Crippen LogP contribution is -2.10. The third kappa shape index (κ3) is 5.32. The lowest BCUT2D eigenvalue weighted by molar-refractivity contribution is 0.164. The average Bonchev–Trinajstić information content (AvgIpc) is 2.29. The third-order valence-electron chi connectivity index (χ3n) is 2.57. The Hall–Kier alpha value is -0.190. The molecule has 0 amide bonds. The molecule has 0 spiro atoms. The molecule has 1 aromatic carbocycles. The van der Waals surface area contributed by atoms with Crippen LogP contribution in [0.25, 0.3) is 0 Å². The maximum absolute atomic E-state index is 9.89. The summed E-state index contributed by atoms with van der Waals surface area (Å²) in [5, 5.41) is 9.89. The van der Waals surface area contributed by atoms with Crippen LogP contribution in [0, 0.1) is 0 Å². The van der Waals surface area contributed by atoms with E-state index in [2.05, 4.69) is 22.2 Å². The van der Waals surface area contributed by atoms with Crippen LogP contribution < -0.4 is 4.74 Å². The van der Waals surface area contributed by atoms with Crippen LogP contribution in [-0.4, -0.2) is 30.3 Å². The highest BCUT2D eigenvalue weighted by atomic mass is 79.9. The van der Waals surface area contributed by atoms with Crippen molar-refractivity contribution in [2.45, 2.75) is 25.4 Å². The second-order valence-corrected chi connectivity index (χ2v) is 5.80. The van der Waals surface area contributed by atoms with E-state index in [-0.39, 0.29) is 6.10 Å². The predicted octanol–water partition coefficient (Wildman–Crippen LogP) is 3.50. The van der Waals surface area contributed by atoms with Crippen molar-refractivity contribution in [2.24, 2.45) is 0 Å². The molecule has 4 heteroatoms. The number of halogens is 1. The molecule has 0 aliphatic heterocycles. The number of methoxy groups -OCH3 is 1. The number of hydrogen-bond acceptors (Lipinski definition) is 3. The van der Waals surface area contributed by atoms with Crippen LogP contribution in [0.3, 0.4) is 0 Å². The molecule has 96 valence electrons. The van der Waals surface area contributed by atoms with Gasteiger partial charge in [-0.05, 0) is 64.9 Å². The van der Waals surface area contributed by atoms with E-state index < -0.39 is 0 Å². The van der Waals surface area contributed by atoms with Gasteiger partial charge in [-0.15, -0.1) is 0 Å². The van der Waals surface area contributed by atoms with Crippen LogP contribution in [0.1, 0.15) is 18.4 Å². The smallest absolute Gasteiger partial charge is 0.133 e. The first-order valence-electron chi connectivity index (χ1n) is 5.66. The van der Waals surface area contributed by atoms with Gasteiger partial charge in [-0.2, -0.15) is 11.8 Å². The summed E-state index contributed by atoms with van der Waals surface area (Å²) in [5.74, 6) is 1.94. The first kappa shape index (κ1) is 14.9. The summed E-state index contributed by atoms with van der Waals surface area (Å²) in [6.07, 6.45) is 4.48. The molecule has 0 aliphatic rings. The van der Waals surface area contributed by atoms with E-state index >= 15 is 0 Å². The molecule has 1 unspecified atom stereocenters. The molecule has 1 N–H and O–H groups in total. The lowest BCUT2D eigenvalue weighted by atomic mass is 10.0. The van der Waals surface area contributed by atoms with Crippen molar-refractivity contribution in [3.05, 3.63) is 28.2 Å². The fourth-order valence-corrected chi connectivity index (χ4v) is 2.72. The standard InChI is InChI=1S/C13H19BrO2S/c1-16-13-6-5-10(9-12(13)14)8-11(15)4-3-7-17-2/h5-6,9,11,15H,3-4,7-8H2,1-2H3. The van der Waals surface area contributed by atoms with Gasteiger partial charge in [-0.3, -0.25) is 0 Å². The summed E-state index contributed by atoms with van der Waals surface area (Å²) in [5.41, 5.74) is 1.13. The minimum Gasteiger partial charge on any atom is -0.496 e. The van der Waals surface area contributed by atoms with Gasteiger partial charge < -0.3 is 9.84 Å². The van der Waals surface area contributed by atoms with Crippen molar-refractivity contribution in [1.29, 1.82) is 0 Å². The van der Waals surface area contributed by atoms with Gasteiger partial charge in [0, 0.05) is 0 Å². The Morgan fingerprint density at radius 2 is 2.24 bits per heavy atom. The minimum absolute atomic E-state index is 0.248. The summed E-state index contributed by atoms with van der Waals surface area (Å²) in [7, 11) is 1.65. The molecule has 0 radical (unpaired) electrons. The third-order valence-corrected chi connectivity index (χ3v) is 3.89. The average molecular weight is 319 g/mol.